The van der Waals surface area contributed by atoms with Crippen LogP contribution in [0.4, 0.5) is 11.6 Å². The number of nitrogens with one attached hydrogen (secondary N) is 1. The lowest BCUT2D eigenvalue weighted by Crippen LogP contribution is -2.27. The SMILES string of the molecule is COn1c(=O)c(-c2c(Cl)cccc2Cl)cc2cnc(Nc3ccc(OCCN4CCC(O)C4)cc3)nc21. The highest BCUT2D eigenvalue weighted by Crippen LogP contribution is 2.33. The molecule has 1 unspecified atom stereocenters. The molecule has 1 aliphatic heterocycles. The van der Waals surface area contributed by atoms with Gasteiger partial charge in [0.05, 0.1) is 21.7 Å². The van der Waals surface area contributed by atoms with E-state index in [-0.39, 0.29) is 11.7 Å². The van der Waals surface area contributed by atoms with Gasteiger partial charge in [-0.2, -0.15) is 4.98 Å². The predicted octanol–water partition coefficient (Wildman–Crippen LogP) is 4.01. The Kier molecular flexibility index (Phi) is 7.48. The topological polar surface area (TPSA) is 102 Å². The monoisotopic (exact) mass is 541 g/mol. The van der Waals surface area contributed by atoms with Crippen molar-refractivity contribution in [2.75, 3.05) is 38.7 Å². The second-order valence-corrected chi connectivity index (χ2v) is 9.46. The number of likely N-dealkylation sites (tertiary alicyclic amines) is 1. The van der Waals surface area contributed by atoms with Crippen LogP contribution in [0.3, 0.4) is 0 Å². The second kappa shape index (κ2) is 10.9. The zero-order valence-electron chi connectivity index (χ0n) is 20.0. The number of hydrogen-bond acceptors (Lipinski definition) is 8. The van der Waals surface area contributed by atoms with E-state index in [1.165, 1.54) is 7.11 Å². The zero-order chi connectivity index (χ0) is 25.9. The molecule has 0 spiro atoms. The summed E-state index contributed by atoms with van der Waals surface area (Å²) < 4.78 is 6.91. The quantitative estimate of drug-likeness (QED) is 0.345. The number of anilines is 2. The van der Waals surface area contributed by atoms with Gasteiger partial charge in [0.15, 0.2) is 5.65 Å². The van der Waals surface area contributed by atoms with Crippen LogP contribution in [0.1, 0.15) is 6.42 Å². The van der Waals surface area contributed by atoms with Crippen LogP contribution in [0.2, 0.25) is 10.0 Å². The van der Waals surface area contributed by atoms with Crippen LogP contribution in [0.15, 0.2) is 59.5 Å². The molecule has 192 valence electrons. The van der Waals surface area contributed by atoms with Crippen LogP contribution in [0.5, 0.6) is 5.75 Å². The third kappa shape index (κ3) is 5.50. The van der Waals surface area contributed by atoms with Gasteiger partial charge in [-0.15, -0.1) is 4.73 Å². The van der Waals surface area contributed by atoms with Crippen LogP contribution >= 0.6 is 23.2 Å². The lowest BCUT2D eigenvalue weighted by atomic mass is 10.1. The number of ether oxygens (including phenoxy) is 1. The molecule has 9 nitrogen and oxygen atoms in total. The van der Waals surface area contributed by atoms with Gasteiger partial charge >= 0.3 is 0 Å². The van der Waals surface area contributed by atoms with Crippen molar-refractivity contribution >= 4 is 45.9 Å². The van der Waals surface area contributed by atoms with E-state index in [4.69, 9.17) is 32.8 Å². The number of pyridine rings is 1. The highest BCUT2D eigenvalue weighted by atomic mass is 35.5. The predicted molar refractivity (Wildman–Crippen MR) is 144 cm³/mol. The van der Waals surface area contributed by atoms with E-state index in [2.05, 4.69) is 20.2 Å². The summed E-state index contributed by atoms with van der Waals surface area (Å²) >= 11 is 12.7. The van der Waals surface area contributed by atoms with Crippen molar-refractivity contribution in [3.63, 3.8) is 0 Å². The van der Waals surface area contributed by atoms with Gasteiger partial charge < -0.3 is 20.0 Å². The summed E-state index contributed by atoms with van der Waals surface area (Å²) in [4.78, 5) is 29.7. The minimum absolute atomic E-state index is 0.232. The summed E-state index contributed by atoms with van der Waals surface area (Å²) in [5, 5.41) is 14.0. The van der Waals surface area contributed by atoms with Crippen molar-refractivity contribution < 1.29 is 14.7 Å². The Hall–Kier alpha value is -3.37. The second-order valence-electron chi connectivity index (χ2n) is 8.65. The molecule has 37 heavy (non-hydrogen) atoms. The molecule has 0 aliphatic carbocycles. The first-order valence-corrected chi connectivity index (χ1v) is 12.5. The van der Waals surface area contributed by atoms with E-state index < -0.39 is 5.56 Å². The number of fused-ring (bicyclic) bond motifs is 1. The molecule has 5 rings (SSSR count). The van der Waals surface area contributed by atoms with Crippen molar-refractivity contribution in [2.45, 2.75) is 12.5 Å². The molecule has 0 amide bonds. The van der Waals surface area contributed by atoms with E-state index in [1.807, 2.05) is 24.3 Å². The molecule has 0 bridgehead atoms. The molecule has 3 heterocycles. The lowest BCUT2D eigenvalue weighted by molar-refractivity contribution is 0.167. The fourth-order valence-corrected chi connectivity index (χ4v) is 4.91. The van der Waals surface area contributed by atoms with E-state index in [9.17, 15) is 9.90 Å². The number of β-amino-alcohol motifs (C(OH)–C–C–N with tert-alkyl or cyclic N) is 1. The summed E-state index contributed by atoms with van der Waals surface area (Å²) in [7, 11) is 1.39. The summed E-state index contributed by atoms with van der Waals surface area (Å²) in [6, 6.07) is 14.1. The number of benzene rings is 2. The summed E-state index contributed by atoms with van der Waals surface area (Å²) in [6.45, 7) is 2.91. The Morgan fingerprint density at radius 3 is 2.59 bits per heavy atom. The minimum Gasteiger partial charge on any atom is -0.492 e. The average molecular weight is 542 g/mol. The molecular weight excluding hydrogens is 517 g/mol. The molecule has 1 atom stereocenters. The Bertz CT molecular complexity index is 1460. The zero-order valence-corrected chi connectivity index (χ0v) is 21.5. The number of rotatable bonds is 8. The molecular formula is C26H25Cl2N5O4. The van der Waals surface area contributed by atoms with E-state index >= 15 is 0 Å². The van der Waals surface area contributed by atoms with Crippen LogP contribution in [0, 0.1) is 0 Å². The highest BCUT2D eigenvalue weighted by molar-refractivity contribution is 6.39. The van der Waals surface area contributed by atoms with Crippen molar-refractivity contribution in [2.24, 2.45) is 0 Å². The van der Waals surface area contributed by atoms with Crippen LogP contribution in [-0.2, 0) is 0 Å². The van der Waals surface area contributed by atoms with Crippen LogP contribution < -0.4 is 20.5 Å². The first-order chi connectivity index (χ1) is 17.9. The van der Waals surface area contributed by atoms with E-state index in [0.29, 0.717) is 45.7 Å². The smallest absolute Gasteiger partial charge is 0.293 e. The number of hydrogen-bond donors (Lipinski definition) is 2. The Morgan fingerprint density at radius 2 is 1.92 bits per heavy atom. The van der Waals surface area contributed by atoms with Gasteiger partial charge in [-0.1, -0.05) is 29.3 Å². The van der Waals surface area contributed by atoms with Gasteiger partial charge in [-0.3, -0.25) is 9.69 Å². The summed E-state index contributed by atoms with van der Waals surface area (Å²) in [5.41, 5.74) is 1.31. The normalized spacial score (nSPS) is 15.7. The van der Waals surface area contributed by atoms with Crippen molar-refractivity contribution in [3.8, 4) is 16.9 Å². The number of nitrogens with zero attached hydrogens (tertiary/aromatic N) is 4. The molecule has 2 aromatic carbocycles. The van der Waals surface area contributed by atoms with Gasteiger partial charge in [0.1, 0.15) is 19.5 Å². The Morgan fingerprint density at radius 1 is 1.16 bits per heavy atom. The molecule has 11 heteroatoms. The van der Waals surface area contributed by atoms with E-state index in [1.54, 1.807) is 30.5 Å². The van der Waals surface area contributed by atoms with Crippen molar-refractivity contribution in [1.82, 2.24) is 19.6 Å². The van der Waals surface area contributed by atoms with Gasteiger partial charge in [0.2, 0.25) is 5.95 Å². The van der Waals surface area contributed by atoms with Crippen molar-refractivity contribution in [3.05, 3.63) is 75.1 Å². The van der Waals surface area contributed by atoms with Crippen molar-refractivity contribution in [1.29, 1.82) is 0 Å². The van der Waals surface area contributed by atoms with Gasteiger partial charge in [-0.25, -0.2) is 4.98 Å². The molecule has 1 aliphatic rings. The summed E-state index contributed by atoms with van der Waals surface area (Å²) in [6.07, 6.45) is 2.18. The molecule has 0 saturated carbocycles. The number of aliphatic hydroxyl groups is 1. The third-order valence-electron chi connectivity index (χ3n) is 6.15. The fraction of sp³-hybridized carbons (Fsp3) is 0.269. The molecule has 1 saturated heterocycles. The minimum atomic E-state index is -0.445. The first kappa shape index (κ1) is 25.3. The van der Waals surface area contributed by atoms with Crippen LogP contribution in [0.25, 0.3) is 22.2 Å². The lowest BCUT2D eigenvalue weighted by Gasteiger charge is -2.15. The van der Waals surface area contributed by atoms with Gasteiger partial charge in [0, 0.05) is 42.5 Å². The maximum absolute atomic E-state index is 13.2. The Balaban J connectivity index is 1.33. The Labute approximate surface area is 223 Å². The van der Waals surface area contributed by atoms with E-state index in [0.717, 1.165) is 35.7 Å². The summed E-state index contributed by atoms with van der Waals surface area (Å²) in [5.74, 6) is 1.03. The standard InChI is InChI=1S/C26H25Cl2N5O4/c1-36-33-24-16(13-20(25(33)35)23-21(27)3-2-4-22(23)28)14-29-26(31-24)30-17-5-7-19(8-6-17)37-12-11-32-10-9-18(34)15-32/h2-8,13-14,18,34H,9-12,15H2,1H3,(H,29,30,31). The molecule has 4 aromatic rings. The van der Waals surface area contributed by atoms with Gasteiger partial charge in [-0.05, 0) is 48.9 Å². The maximum Gasteiger partial charge on any atom is 0.293 e. The molecule has 2 N–H and O–H groups in total. The number of halogens is 2. The molecule has 1 fully saturated rings. The number of aliphatic hydroxyl groups excluding tert-OH is 1. The number of aromatic nitrogens is 3. The van der Waals surface area contributed by atoms with Gasteiger partial charge in [0.25, 0.3) is 5.56 Å². The fourth-order valence-electron chi connectivity index (χ4n) is 4.30. The average Bonchev–Trinajstić information content (AvgIpc) is 3.30. The first-order valence-electron chi connectivity index (χ1n) is 11.7. The molecule has 0 radical (unpaired) electrons. The molecule has 2 aromatic heterocycles. The third-order valence-corrected chi connectivity index (χ3v) is 6.78. The highest BCUT2D eigenvalue weighted by Gasteiger charge is 2.20. The maximum atomic E-state index is 13.2. The largest absolute Gasteiger partial charge is 0.492 e. The van der Waals surface area contributed by atoms with Crippen LogP contribution in [-0.4, -0.2) is 64.2 Å².